The van der Waals surface area contributed by atoms with Crippen LogP contribution >= 0.6 is 11.6 Å². The van der Waals surface area contributed by atoms with E-state index in [-0.39, 0.29) is 5.82 Å². The van der Waals surface area contributed by atoms with E-state index in [1.807, 2.05) is 6.92 Å². The monoisotopic (exact) mass is 308 g/mol. The summed E-state index contributed by atoms with van der Waals surface area (Å²) in [5.41, 5.74) is 1.25. The number of aromatic nitrogens is 2. The van der Waals surface area contributed by atoms with Crippen molar-refractivity contribution in [1.29, 1.82) is 0 Å². The number of nitrogens with one attached hydrogen (secondary N) is 2. The summed E-state index contributed by atoms with van der Waals surface area (Å²) in [7, 11) is 0. The first kappa shape index (κ1) is 15.5. The Balaban J connectivity index is 2.38. The van der Waals surface area contributed by atoms with Crippen LogP contribution in [0.5, 0.6) is 0 Å². The number of anilines is 3. The second-order valence-electron chi connectivity index (χ2n) is 4.58. The van der Waals surface area contributed by atoms with E-state index < -0.39 is 0 Å². The molecule has 21 heavy (non-hydrogen) atoms. The zero-order valence-corrected chi connectivity index (χ0v) is 12.8. The molecule has 1 aromatic heterocycles. The molecular formula is C15H18ClFN4. The summed E-state index contributed by atoms with van der Waals surface area (Å²) >= 11 is 5.91. The lowest BCUT2D eigenvalue weighted by Gasteiger charge is -2.15. The number of hydrogen-bond acceptors (Lipinski definition) is 4. The van der Waals surface area contributed by atoms with E-state index in [0.717, 1.165) is 30.8 Å². The third kappa shape index (κ3) is 3.82. The van der Waals surface area contributed by atoms with Crippen LogP contribution in [-0.4, -0.2) is 16.5 Å². The van der Waals surface area contributed by atoms with Crippen LogP contribution in [0.1, 0.15) is 25.8 Å². The lowest BCUT2D eigenvalue weighted by molar-refractivity contribution is 0.631. The van der Waals surface area contributed by atoms with Crippen molar-refractivity contribution in [1.82, 2.24) is 9.97 Å². The van der Waals surface area contributed by atoms with E-state index in [1.165, 1.54) is 18.5 Å². The van der Waals surface area contributed by atoms with Crippen LogP contribution in [0.4, 0.5) is 21.7 Å². The molecule has 2 N–H and O–H groups in total. The number of rotatable bonds is 6. The van der Waals surface area contributed by atoms with Gasteiger partial charge < -0.3 is 10.6 Å². The zero-order valence-electron chi connectivity index (χ0n) is 12.1. The number of nitrogens with zero attached hydrogens (tertiary/aromatic N) is 2. The van der Waals surface area contributed by atoms with Gasteiger partial charge in [0, 0.05) is 17.1 Å². The van der Waals surface area contributed by atoms with Crippen LogP contribution in [0.25, 0.3) is 0 Å². The standard InChI is InChI=1S/C15H18ClFN4/c1-3-5-11-14(18-4-2)19-9-20-15(11)21-13-8-10(16)6-7-12(13)17/h6-9H,3-5H2,1-2H3,(H2,18,19,20,21). The van der Waals surface area contributed by atoms with Crippen LogP contribution in [0, 0.1) is 5.82 Å². The molecule has 0 amide bonds. The third-order valence-corrected chi connectivity index (χ3v) is 3.21. The van der Waals surface area contributed by atoms with Crippen molar-refractivity contribution in [3.63, 3.8) is 0 Å². The molecular weight excluding hydrogens is 291 g/mol. The Morgan fingerprint density at radius 2 is 1.95 bits per heavy atom. The quantitative estimate of drug-likeness (QED) is 0.830. The smallest absolute Gasteiger partial charge is 0.146 e. The van der Waals surface area contributed by atoms with Crippen molar-refractivity contribution in [2.45, 2.75) is 26.7 Å². The van der Waals surface area contributed by atoms with Gasteiger partial charge >= 0.3 is 0 Å². The predicted molar refractivity (Wildman–Crippen MR) is 84.9 cm³/mol. The van der Waals surface area contributed by atoms with E-state index in [9.17, 15) is 4.39 Å². The molecule has 0 saturated carbocycles. The molecule has 0 atom stereocenters. The highest BCUT2D eigenvalue weighted by Gasteiger charge is 2.12. The van der Waals surface area contributed by atoms with E-state index >= 15 is 0 Å². The first-order valence-electron chi connectivity index (χ1n) is 6.95. The minimum atomic E-state index is -0.370. The van der Waals surface area contributed by atoms with E-state index in [0.29, 0.717) is 16.5 Å². The summed E-state index contributed by atoms with van der Waals surface area (Å²) in [6.45, 7) is 4.84. The van der Waals surface area contributed by atoms with Crippen LogP contribution < -0.4 is 10.6 Å². The molecule has 6 heteroatoms. The second-order valence-corrected chi connectivity index (χ2v) is 5.02. The van der Waals surface area contributed by atoms with Crippen molar-refractivity contribution in [3.8, 4) is 0 Å². The molecule has 2 rings (SSSR count). The fourth-order valence-electron chi connectivity index (χ4n) is 2.05. The molecule has 112 valence electrons. The topological polar surface area (TPSA) is 49.8 Å². The Bertz CT molecular complexity index is 619. The summed E-state index contributed by atoms with van der Waals surface area (Å²) in [4.78, 5) is 8.48. The fraction of sp³-hybridized carbons (Fsp3) is 0.333. The molecule has 0 unspecified atom stereocenters. The van der Waals surface area contributed by atoms with Gasteiger partial charge in [-0.2, -0.15) is 0 Å². The Hall–Kier alpha value is -1.88. The molecule has 0 fully saturated rings. The maximum absolute atomic E-state index is 13.8. The minimum Gasteiger partial charge on any atom is -0.370 e. The third-order valence-electron chi connectivity index (χ3n) is 2.97. The van der Waals surface area contributed by atoms with Gasteiger partial charge in [-0.3, -0.25) is 0 Å². The van der Waals surface area contributed by atoms with Crippen molar-refractivity contribution in [2.24, 2.45) is 0 Å². The van der Waals surface area contributed by atoms with Crippen LogP contribution in [0.15, 0.2) is 24.5 Å². The highest BCUT2D eigenvalue weighted by Crippen LogP contribution is 2.27. The van der Waals surface area contributed by atoms with Gasteiger partial charge in [-0.25, -0.2) is 14.4 Å². The van der Waals surface area contributed by atoms with Gasteiger partial charge in [0.25, 0.3) is 0 Å². The van der Waals surface area contributed by atoms with Gasteiger partial charge in [-0.1, -0.05) is 24.9 Å². The molecule has 1 aromatic carbocycles. The van der Waals surface area contributed by atoms with Crippen molar-refractivity contribution in [2.75, 3.05) is 17.2 Å². The number of halogens is 2. The van der Waals surface area contributed by atoms with Gasteiger partial charge in [0.05, 0.1) is 5.69 Å². The van der Waals surface area contributed by atoms with Crippen LogP contribution in [-0.2, 0) is 6.42 Å². The van der Waals surface area contributed by atoms with E-state index in [1.54, 1.807) is 6.07 Å². The molecule has 0 spiro atoms. The van der Waals surface area contributed by atoms with Crippen LogP contribution in [0.3, 0.4) is 0 Å². The Labute approximate surface area is 128 Å². The van der Waals surface area contributed by atoms with Gasteiger partial charge in [-0.15, -0.1) is 0 Å². The average molecular weight is 309 g/mol. The second kappa shape index (κ2) is 7.22. The van der Waals surface area contributed by atoms with Gasteiger partial charge in [0.15, 0.2) is 0 Å². The summed E-state index contributed by atoms with van der Waals surface area (Å²) < 4.78 is 13.8. The number of hydrogen-bond donors (Lipinski definition) is 2. The SMILES string of the molecule is CCCc1c(NCC)ncnc1Nc1cc(Cl)ccc1F. The highest BCUT2D eigenvalue weighted by molar-refractivity contribution is 6.30. The average Bonchev–Trinajstić information content (AvgIpc) is 2.46. The van der Waals surface area contributed by atoms with Gasteiger partial charge in [0.1, 0.15) is 23.8 Å². The molecule has 0 saturated heterocycles. The molecule has 0 radical (unpaired) electrons. The molecule has 2 aromatic rings. The summed E-state index contributed by atoms with van der Waals surface area (Å²) in [6.07, 6.45) is 3.20. The fourth-order valence-corrected chi connectivity index (χ4v) is 2.22. The van der Waals surface area contributed by atoms with Gasteiger partial charge in [-0.05, 0) is 31.5 Å². The van der Waals surface area contributed by atoms with Crippen LogP contribution in [0.2, 0.25) is 5.02 Å². The molecule has 0 aliphatic carbocycles. The zero-order chi connectivity index (χ0) is 15.2. The van der Waals surface area contributed by atoms with E-state index in [4.69, 9.17) is 11.6 Å². The van der Waals surface area contributed by atoms with Crippen molar-refractivity contribution in [3.05, 3.63) is 40.9 Å². The van der Waals surface area contributed by atoms with Gasteiger partial charge in [0.2, 0.25) is 0 Å². The molecule has 0 bridgehead atoms. The summed E-state index contributed by atoms with van der Waals surface area (Å²) in [6, 6.07) is 4.39. The van der Waals surface area contributed by atoms with Crippen molar-refractivity contribution >= 4 is 28.9 Å². The lowest BCUT2D eigenvalue weighted by Crippen LogP contribution is -2.08. The maximum Gasteiger partial charge on any atom is 0.146 e. The highest BCUT2D eigenvalue weighted by atomic mass is 35.5. The first-order chi connectivity index (χ1) is 10.2. The predicted octanol–water partition coefficient (Wildman–Crippen LogP) is 4.40. The Morgan fingerprint density at radius 3 is 2.67 bits per heavy atom. The lowest BCUT2D eigenvalue weighted by atomic mass is 10.1. The summed E-state index contributed by atoms with van der Waals surface area (Å²) in [5, 5.41) is 6.69. The molecule has 0 aliphatic heterocycles. The van der Waals surface area contributed by atoms with E-state index in [2.05, 4.69) is 27.5 Å². The first-order valence-corrected chi connectivity index (χ1v) is 7.33. The minimum absolute atomic E-state index is 0.306. The Kier molecular flexibility index (Phi) is 5.33. The Morgan fingerprint density at radius 1 is 1.19 bits per heavy atom. The largest absolute Gasteiger partial charge is 0.370 e. The number of benzene rings is 1. The summed E-state index contributed by atoms with van der Waals surface area (Å²) in [5.74, 6) is 1.01. The van der Waals surface area contributed by atoms with Crippen molar-refractivity contribution < 1.29 is 4.39 Å². The maximum atomic E-state index is 13.8. The molecule has 0 aliphatic rings. The molecule has 4 nitrogen and oxygen atoms in total. The normalized spacial score (nSPS) is 10.5. The molecule has 1 heterocycles.